The highest BCUT2D eigenvalue weighted by molar-refractivity contribution is 7.48. The maximum absolute atomic E-state index is 13.6. The summed E-state index contributed by atoms with van der Waals surface area (Å²) < 4.78 is 59.0. The van der Waals surface area contributed by atoms with Crippen LogP contribution in [0, 0.1) is 0 Å². The predicted octanol–water partition coefficient (Wildman–Crippen LogP) is 2.83. The number of ether oxygens (including phenoxy) is 3. The molecule has 3 aliphatic rings. The van der Waals surface area contributed by atoms with Gasteiger partial charge in [0.1, 0.15) is 24.2 Å². The Kier molecular flexibility index (Phi) is 7.04. The number of phosphoric acid groups is 1. The topological polar surface area (TPSA) is 110 Å². The van der Waals surface area contributed by atoms with Crippen molar-refractivity contribution in [3.63, 3.8) is 0 Å². The molecular formula is C20H23FNO9P. The molecule has 4 rings (SSSR count). The average Bonchev–Trinajstić information content (AvgIpc) is 3.18. The first-order valence-electron chi connectivity index (χ1n) is 10.1. The van der Waals surface area contributed by atoms with Gasteiger partial charge in [-0.1, -0.05) is 12.1 Å². The summed E-state index contributed by atoms with van der Waals surface area (Å²) >= 11 is 0. The molecule has 0 aliphatic carbocycles. The summed E-state index contributed by atoms with van der Waals surface area (Å²) in [6, 6.07) is 6.96. The zero-order valence-electron chi connectivity index (χ0n) is 17.3. The molecule has 0 spiro atoms. The molecule has 0 saturated carbocycles. The number of hydrogen-bond acceptors (Lipinski definition) is 9. The normalized spacial score (nSPS) is 30.2. The lowest BCUT2D eigenvalue weighted by Crippen LogP contribution is -2.40. The van der Waals surface area contributed by atoms with Crippen LogP contribution in [0.5, 0.6) is 5.75 Å². The fourth-order valence-corrected chi connectivity index (χ4v) is 4.80. The van der Waals surface area contributed by atoms with Gasteiger partial charge < -0.3 is 14.2 Å². The van der Waals surface area contributed by atoms with Crippen LogP contribution in [0.3, 0.4) is 0 Å². The van der Waals surface area contributed by atoms with Crippen molar-refractivity contribution >= 4 is 19.5 Å². The second-order valence-electron chi connectivity index (χ2n) is 7.30. The van der Waals surface area contributed by atoms with Gasteiger partial charge >= 0.3 is 7.82 Å². The third kappa shape index (κ3) is 5.25. The lowest BCUT2D eigenvalue weighted by Gasteiger charge is -2.30. The molecule has 1 aromatic carbocycles. The summed E-state index contributed by atoms with van der Waals surface area (Å²) in [5.74, 6) is -1.83. The highest BCUT2D eigenvalue weighted by Crippen LogP contribution is 2.56. The van der Waals surface area contributed by atoms with Crippen LogP contribution in [0.25, 0.3) is 0 Å². The summed E-state index contributed by atoms with van der Waals surface area (Å²) in [5.41, 5.74) is 0.725. The van der Waals surface area contributed by atoms with Crippen molar-refractivity contribution in [3.05, 3.63) is 41.9 Å². The lowest BCUT2D eigenvalue weighted by atomic mass is 10.1. The predicted molar refractivity (Wildman–Crippen MR) is 106 cm³/mol. The van der Waals surface area contributed by atoms with E-state index >= 15 is 0 Å². The van der Waals surface area contributed by atoms with Crippen molar-refractivity contribution in [2.45, 2.75) is 44.8 Å². The van der Waals surface area contributed by atoms with E-state index in [-0.39, 0.29) is 26.4 Å². The van der Waals surface area contributed by atoms with Gasteiger partial charge in [-0.05, 0) is 24.6 Å². The number of carbonyl (C=O) groups is 2. The first-order valence-corrected chi connectivity index (χ1v) is 11.6. The fraction of sp³-hybridized carbons (Fsp3) is 0.500. The number of rotatable bonds is 8. The van der Waals surface area contributed by atoms with Crippen LogP contribution in [0.1, 0.15) is 25.3 Å². The molecule has 32 heavy (non-hydrogen) atoms. The van der Waals surface area contributed by atoms with E-state index in [1.807, 2.05) is 6.92 Å². The van der Waals surface area contributed by atoms with Crippen molar-refractivity contribution in [2.24, 2.45) is 0 Å². The molecule has 1 amide bonds. The minimum atomic E-state index is -3.86. The Hall–Kier alpha value is -2.14. The molecule has 4 atom stereocenters. The lowest BCUT2D eigenvalue weighted by molar-refractivity contribution is -0.146. The van der Waals surface area contributed by atoms with Gasteiger partial charge in [0.25, 0.3) is 0 Å². The molecule has 0 N–H and O–H groups in total. The molecule has 0 bridgehead atoms. The zero-order chi connectivity index (χ0) is 22.7. The van der Waals surface area contributed by atoms with Crippen LogP contribution < -0.4 is 4.74 Å². The standard InChI is InChI=1S/C20H23FNO9P/c1-2-26-12-27-14-5-3-13(4-6-14)10-28-32(25)29-11-18-17(31-32)8-20(30-18)22-9-15(21)16(23)7-19(22)24/h3-6,9,17-18,20H,2,7-8,10-12H2,1H3/t17-,18+,20+,32?/m0/s1. The number of benzene rings is 1. The maximum Gasteiger partial charge on any atom is 0.475 e. The number of halogens is 1. The molecule has 174 valence electrons. The Bertz CT molecular complexity index is 938. The molecule has 2 saturated heterocycles. The largest absolute Gasteiger partial charge is 0.475 e. The number of carbonyl (C=O) groups excluding carboxylic acids is 2. The number of ketones is 1. The summed E-state index contributed by atoms with van der Waals surface area (Å²) in [6.07, 6.45) is -1.72. The van der Waals surface area contributed by atoms with E-state index in [0.717, 1.165) is 16.7 Å². The SMILES string of the molecule is CCOCOc1ccc(COP2(=O)OC[C@H]3O[C@@H](N4C=C(F)C(=O)CC4=O)C[C@@H]3O2)cc1. The number of allylic oxidation sites excluding steroid dienone is 1. The molecule has 1 unspecified atom stereocenters. The molecule has 12 heteroatoms. The number of phosphoric ester groups is 1. The number of nitrogens with zero attached hydrogens (tertiary/aromatic N) is 1. The van der Waals surface area contributed by atoms with Crippen molar-refractivity contribution < 1.29 is 46.3 Å². The minimum absolute atomic E-state index is 0.0225. The number of Topliss-reactive ketones (excluding diaryl/α,β-unsaturated/α-hetero) is 1. The van der Waals surface area contributed by atoms with Gasteiger partial charge in [-0.2, -0.15) is 0 Å². The van der Waals surface area contributed by atoms with Gasteiger partial charge in [0.2, 0.25) is 11.7 Å². The zero-order valence-corrected chi connectivity index (χ0v) is 18.2. The van der Waals surface area contributed by atoms with Crippen molar-refractivity contribution in [2.75, 3.05) is 20.0 Å². The molecule has 3 heterocycles. The summed E-state index contributed by atoms with van der Waals surface area (Å²) in [7, 11) is -3.86. The minimum Gasteiger partial charge on any atom is -0.468 e. The van der Waals surface area contributed by atoms with Gasteiger partial charge in [-0.25, -0.2) is 8.96 Å². The molecule has 0 radical (unpaired) electrons. The number of amides is 1. The van der Waals surface area contributed by atoms with Crippen LogP contribution in [0.2, 0.25) is 0 Å². The van der Waals surface area contributed by atoms with Crippen LogP contribution in [0.4, 0.5) is 4.39 Å². The maximum atomic E-state index is 13.6. The first kappa shape index (κ1) is 23.0. The van der Waals surface area contributed by atoms with E-state index in [1.165, 1.54) is 0 Å². The molecular weight excluding hydrogens is 448 g/mol. The average molecular weight is 471 g/mol. The number of fused-ring (bicyclic) bond motifs is 1. The smallest absolute Gasteiger partial charge is 0.468 e. The summed E-state index contributed by atoms with van der Waals surface area (Å²) in [6.45, 7) is 2.47. The van der Waals surface area contributed by atoms with Gasteiger partial charge in [0.05, 0.1) is 19.6 Å². The molecule has 3 aliphatic heterocycles. The highest BCUT2D eigenvalue weighted by Gasteiger charge is 2.49. The van der Waals surface area contributed by atoms with E-state index in [1.54, 1.807) is 24.3 Å². The highest BCUT2D eigenvalue weighted by atomic mass is 31.2. The van der Waals surface area contributed by atoms with E-state index in [2.05, 4.69) is 0 Å². The van der Waals surface area contributed by atoms with Gasteiger partial charge in [0, 0.05) is 19.2 Å². The van der Waals surface area contributed by atoms with Crippen molar-refractivity contribution in [1.29, 1.82) is 0 Å². The fourth-order valence-electron chi connectivity index (χ4n) is 3.41. The van der Waals surface area contributed by atoms with E-state index in [0.29, 0.717) is 12.4 Å². The quantitative estimate of drug-likeness (QED) is 0.245. The van der Waals surface area contributed by atoms with E-state index in [4.69, 9.17) is 27.8 Å². The molecule has 0 aromatic heterocycles. The van der Waals surface area contributed by atoms with Crippen molar-refractivity contribution in [1.82, 2.24) is 4.90 Å². The Morgan fingerprint density at radius 1 is 1.22 bits per heavy atom. The first-order chi connectivity index (χ1) is 15.4. The number of hydrogen-bond donors (Lipinski definition) is 0. The Morgan fingerprint density at radius 3 is 2.75 bits per heavy atom. The molecule has 1 aromatic rings. The summed E-state index contributed by atoms with van der Waals surface area (Å²) in [5, 5.41) is 0. The van der Waals surface area contributed by atoms with Crippen molar-refractivity contribution in [3.8, 4) is 5.75 Å². The second-order valence-corrected chi connectivity index (χ2v) is 8.92. The van der Waals surface area contributed by atoms with Gasteiger partial charge in [-0.3, -0.25) is 28.1 Å². The van der Waals surface area contributed by atoms with Crippen LogP contribution >= 0.6 is 7.82 Å². The Labute approximate surface area is 183 Å². The molecule has 2 fully saturated rings. The van der Waals surface area contributed by atoms with Gasteiger partial charge in [-0.15, -0.1) is 0 Å². The second kappa shape index (κ2) is 9.78. The van der Waals surface area contributed by atoms with Crippen LogP contribution in [0.15, 0.2) is 36.3 Å². The Morgan fingerprint density at radius 2 is 2.00 bits per heavy atom. The monoisotopic (exact) mass is 471 g/mol. The Balaban J connectivity index is 1.31. The van der Waals surface area contributed by atoms with E-state index < -0.39 is 50.2 Å². The third-order valence-electron chi connectivity index (χ3n) is 5.10. The van der Waals surface area contributed by atoms with Gasteiger partial charge in [0.15, 0.2) is 12.6 Å². The van der Waals surface area contributed by atoms with E-state index in [9.17, 15) is 18.5 Å². The third-order valence-corrected chi connectivity index (χ3v) is 6.54. The molecule has 10 nitrogen and oxygen atoms in total. The van der Waals surface area contributed by atoms with Crippen LogP contribution in [-0.4, -0.2) is 55.0 Å². The summed E-state index contributed by atoms with van der Waals surface area (Å²) in [4.78, 5) is 24.4. The van der Waals surface area contributed by atoms with Crippen LogP contribution in [-0.2, 0) is 43.8 Å².